The fraction of sp³-hybridized carbons (Fsp3) is 0.538. The van der Waals surface area contributed by atoms with Crippen LogP contribution in [-0.2, 0) is 4.74 Å². The van der Waals surface area contributed by atoms with Gasteiger partial charge in [-0.25, -0.2) is 0 Å². The first kappa shape index (κ1) is 12.8. The van der Waals surface area contributed by atoms with E-state index in [-0.39, 0.29) is 18.1 Å². The second-order valence-corrected chi connectivity index (χ2v) is 4.72. The van der Waals surface area contributed by atoms with Crippen LogP contribution in [0.15, 0.2) is 12.3 Å². The molecule has 2 rings (SSSR count). The standard InChI is InChI=1S/C13H19N3O2/c1-8-11(6-10(14)7-15-8)13(17)16-9(2)12-4-3-5-18-12/h6-7,9,12H,3-5,14H2,1-2H3,(H,16,17). The Labute approximate surface area is 107 Å². The zero-order valence-corrected chi connectivity index (χ0v) is 10.8. The Balaban J connectivity index is 2.04. The average molecular weight is 249 g/mol. The Hall–Kier alpha value is -1.62. The molecular formula is C13H19N3O2. The lowest BCUT2D eigenvalue weighted by Crippen LogP contribution is -2.41. The Morgan fingerprint density at radius 2 is 2.44 bits per heavy atom. The second kappa shape index (κ2) is 5.35. The fourth-order valence-electron chi connectivity index (χ4n) is 2.15. The molecule has 5 heteroatoms. The number of nitrogens with one attached hydrogen (secondary N) is 1. The van der Waals surface area contributed by atoms with Gasteiger partial charge in [0.25, 0.3) is 5.91 Å². The van der Waals surface area contributed by atoms with Crippen molar-refractivity contribution in [1.29, 1.82) is 0 Å². The number of nitrogens with zero attached hydrogens (tertiary/aromatic N) is 1. The van der Waals surface area contributed by atoms with Crippen LogP contribution in [0.3, 0.4) is 0 Å². The van der Waals surface area contributed by atoms with E-state index in [1.165, 1.54) is 0 Å². The van der Waals surface area contributed by atoms with E-state index in [1.807, 2.05) is 6.92 Å². The number of ether oxygens (including phenoxy) is 1. The van der Waals surface area contributed by atoms with Gasteiger partial charge in [0.15, 0.2) is 0 Å². The normalized spacial score (nSPS) is 20.7. The van der Waals surface area contributed by atoms with E-state index in [4.69, 9.17) is 10.5 Å². The lowest BCUT2D eigenvalue weighted by atomic mass is 10.1. The summed E-state index contributed by atoms with van der Waals surface area (Å²) in [6.07, 6.45) is 3.72. The number of carbonyl (C=O) groups is 1. The molecule has 2 atom stereocenters. The van der Waals surface area contributed by atoms with Gasteiger partial charge in [-0.15, -0.1) is 0 Å². The van der Waals surface area contributed by atoms with E-state index in [2.05, 4.69) is 10.3 Å². The molecule has 1 aromatic heterocycles. The quantitative estimate of drug-likeness (QED) is 0.845. The summed E-state index contributed by atoms with van der Waals surface area (Å²) in [5, 5.41) is 2.95. The van der Waals surface area contributed by atoms with Crippen molar-refractivity contribution in [3.63, 3.8) is 0 Å². The molecule has 18 heavy (non-hydrogen) atoms. The number of nitrogen functional groups attached to an aromatic ring is 1. The predicted molar refractivity (Wildman–Crippen MR) is 69.3 cm³/mol. The third-order valence-corrected chi connectivity index (χ3v) is 3.23. The molecule has 0 aromatic carbocycles. The lowest BCUT2D eigenvalue weighted by Gasteiger charge is -2.20. The molecule has 0 bridgehead atoms. The van der Waals surface area contributed by atoms with Crippen molar-refractivity contribution >= 4 is 11.6 Å². The Bertz CT molecular complexity index is 442. The zero-order chi connectivity index (χ0) is 13.1. The van der Waals surface area contributed by atoms with Gasteiger partial charge in [0, 0.05) is 6.61 Å². The van der Waals surface area contributed by atoms with Crippen molar-refractivity contribution in [2.75, 3.05) is 12.3 Å². The highest BCUT2D eigenvalue weighted by Gasteiger charge is 2.24. The summed E-state index contributed by atoms with van der Waals surface area (Å²) < 4.78 is 5.55. The van der Waals surface area contributed by atoms with Crippen molar-refractivity contribution in [1.82, 2.24) is 10.3 Å². The van der Waals surface area contributed by atoms with Crippen LogP contribution in [0.5, 0.6) is 0 Å². The minimum absolute atomic E-state index is 0.000769. The third kappa shape index (κ3) is 2.79. The Kier molecular flexibility index (Phi) is 3.81. The molecule has 1 fully saturated rings. The third-order valence-electron chi connectivity index (χ3n) is 3.23. The Morgan fingerprint density at radius 1 is 1.67 bits per heavy atom. The van der Waals surface area contributed by atoms with E-state index < -0.39 is 0 Å². The number of hydrogen-bond acceptors (Lipinski definition) is 4. The second-order valence-electron chi connectivity index (χ2n) is 4.72. The molecule has 1 aliphatic heterocycles. The molecule has 0 radical (unpaired) electrons. The molecule has 5 nitrogen and oxygen atoms in total. The van der Waals surface area contributed by atoms with Crippen LogP contribution in [0.1, 0.15) is 35.8 Å². The summed E-state index contributed by atoms with van der Waals surface area (Å²) in [6, 6.07) is 1.65. The highest BCUT2D eigenvalue weighted by molar-refractivity contribution is 5.96. The van der Waals surface area contributed by atoms with Crippen molar-refractivity contribution in [2.45, 2.75) is 38.8 Å². The van der Waals surface area contributed by atoms with Crippen molar-refractivity contribution in [2.24, 2.45) is 0 Å². The van der Waals surface area contributed by atoms with Gasteiger partial charge in [-0.05, 0) is 32.8 Å². The van der Waals surface area contributed by atoms with Gasteiger partial charge in [-0.3, -0.25) is 9.78 Å². The maximum Gasteiger partial charge on any atom is 0.253 e. The number of aryl methyl sites for hydroxylation is 1. The van der Waals surface area contributed by atoms with E-state index in [0.29, 0.717) is 16.9 Å². The molecule has 0 aliphatic carbocycles. The number of rotatable bonds is 3. The lowest BCUT2D eigenvalue weighted by molar-refractivity contribution is 0.0712. The van der Waals surface area contributed by atoms with Crippen molar-refractivity contribution in [3.8, 4) is 0 Å². The predicted octanol–water partition coefficient (Wildman–Crippen LogP) is 1.27. The van der Waals surface area contributed by atoms with Crippen LogP contribution in [0, 0.1) is 6.92 Å². The van der Waals surface area contributed by atoms with Crippen LogP contribution in [0.4, 0.5) is 5.69 Å². The number of carbonyl (C=O) groups excluding carboxylic acids is 1. The van der Waals surface area contributed by atoms with Gasteiger partial charge < -0.3 is 15.8 Å². The van der Waals surface area contributed by atoms with Crippen LogP contribution < -0.4 is 11.1 Å². The number of hydrogen-bond donors (Lipinski definition) is 2. The molecule has 3 N–H and O–H groups in total. The van der Waals surface area contributed by atoms with E-state index >= 15 is 0 Å². The minimum atomic E-state index is -0.143. The largest absolute Gasteiger partial charge is 0.397 e. The molecule has 2 heterocycles. The molecule has 1 aliphatic rings. The summed E-state index contributed by atoms with van der Waals surface area (Å²) >= 11 is 0. The number of anilines is 1. The molecule has 1 saturated heterocycles. The first-order valence-corrected chi connectivity index (χ1v) is 6.22. The minimum Gasteiger partial charge on any atom is -0.397 e. The van der Waals surface area contributed by atoms with Gasteiger partial charge in [0.1, 0.15) is 0 Å². The Morgan fingerprint density at radius 3 is 3.11 bits per heavy atom. The van der Waals surface area contributed by atoms with Crippen LogP contribution in [0.2, 0.25) is 0 Å². The number of pyridine rings is 1. The molecule has 0 spiro atoms. The SMILES string of the molecule is Cc1ncc(N)cc1C(=O)NC(C)C1CCCO1. The van der Waals surface area contributed by atoms with Crippen LogP contribution in [-0.4, -0.2) is 29.6 Å². The maximum absolute atomic E-state index is 12.1. The summed E-state index contributed by atoms with van der Waals surface area (Å²) in [5.74, 6) is -0.143. The van der Waals surface area contributed by atoms with Crippen LogP contribution in [0.25, 0.3) is 0 Å². The van der Waals surface area contributed by atoms with Crippen molar-refractivity contribution in [3.05, 3.63) is 23.5 Å². The van der Waals surface area contributed by atoms with Gasteiger partial charge in [0.05, 0.1) is 35.3 Å². The number of amides is 1. The monoisotopic (exact) mass is 249 g/mol. The molecular weight excluding hydrogens is 230 g/mol. The van der Waals surface area contributed by atoms with E-state index in [1.54, 1.807) is 19.2 Å². The number of aromatic nitrogens is 1. The van der Waals surface area contributed by atoms with Crippen LogP contribution >= 0.6 is 0 Å². The first-order valence-electron chi connectivity index (χ1n) is 6.22. The van der Waals surface area contributed by atoms with E-state index in [0.717, 1.165) is 19.4 Å². The average Bonchev–Trinajstić information content (AvgIpc) is 2.85. The summed E-state index contributed by atoms with van der Waals surface area (Å²) in [4.78, 5) is 16.2. The van der Waals surface area contributed by atoms with Gasteiger partial charge >= 0.3 is 0 Å². The summed E-state index contributed by atoms with van der Waals surface area (Å²) in [6.45, 7) is 4.54. The van der Waals surface area contributed by atoms with Crippen molar-refractivity contribution < 1.29 is 9.53 Å². The molecule has 98 valence electrons. The fourth-order valence-corrected chi connectivity index (χ4v) is 2.15. The first-order chi connectivity index (χ1) is 8.58. The highest BCUT2D eigenvalue weighted by atomic mass is 16.5. The molecule has 0 saturated carbocycles. The summed E-state index contributed by atoms with van der Waals surface area (Å²) in [7, 11) is 0. The zero-order valence-electron chi connectivity index (χ0n) is 10.8. The molecule has 1 aromatic rings. The number of nitrogens with two attached hydrogens (primary N) is 1. The smallest absolute Gasteiger partial charge is 0.253 e. The highest BCUT2D eigenvalue weighted by Crippen LogP contribution is 2.16. The molecule has 2 unspecified atom stereocenters. The van der Waals surface area contributed by atoms with Gasteiger partial charge in [-0.2, -0.15) is 0 Å². The van der Waals surface area contributed by atoms with Gasteiger partial charge in [-0.1, -0.05) is 0 Å². The summed E-state index contributed by atoms with van der Waals surface area (Å²) in [5.41, 5.74) is 7.36. The van der Waals surface area contributed by atoms with E-state index in [9.17, 15) is 4.79 Å². The topological polar surface area (TPSA) is 77.2 Å². The van der Waals surface area contributed by atoms with Gasteiger partial charge in [0.2, 0.25) is 0 Å². The maximum atomic E-state index is 12.1. The molecule has 1 amide bonds.